The summed E-state index contributed by atoms with van der Waals surface area (Å²) in [6, 6.07) is 8.44. The van der Waals surface area contributed by atoms with Crippen molar-refractivity contribution >= 4 is 0 Å². The molecule has 1 fully saturated rings. The first-order chi connectivity index (χ1) is 9.60. The fourth-order valence-corrected chi connectivity index (χ4v) is 3.36. The van der Waals surface area contributed by atoms with Crippen LogP contribution >= 0.6 is 0 Å². The molecule has 1 aliphatic carbocycles. The van der Waals surface area contributed by atoms with Crippen molar-refractivity contribution in [2.24, 2.45) is 23.5 Å². The molecule has 3 atom stereocenters. The molecule has 0 radical (unpaired) electrons. The Hall–Kier alpha value is -0.860. The van der Waals surface area contributed by atoms with E-state index >= 15 is 0 Å². The highest BCUT2D eigenvalue weighted by Crippen LogP contribution is 2.35. The first-order valence-electron chi connectivity index (χ1n) is 7.99. The maximum atomic E-state index is 6.27. The summed E-state index contributed by atoms with van der Waals surface area (Å²) >= 11 is 0. The Labute approximate surface area is 123 Å². The van der Waals surface area contributed by atoms with Gasteiger partial charge in [0.25, 0.3) is 0 Å². The predicted octanol–water partition coefficient (Wildman–Crippen LogP) is 4.12. The van der Waals surface area contributed by atoms with E-state index in [0.717, 1.165) is 5.92 Å². The van der Waals surface area contributed by atoms with E-state index in [-0.39, 0.29) is 0 Å². The second-order valence-electron chi connectivity index (χ2n) is 6.70. The number of nitrogens with two attached hydrogens (primary N) is 1. The summed E-state index contributed by atoms with van der Waals surface area (Å²) in [4.78, 5) is 0. The molecule has 3 unspecified atom stereocenters. The number of hydrogen-bond acceptors (Lipinski definition) is 2. The first-order valence-corrected chi connectivity index (χ1v) is 7.99. The number of rotatable bonds is 5. The van der Waals surface area contributed by atoms with Crippen LogP contribution in [0.1, 0.15) is 51.2 Å². The largest absolute Gasteiger partial charge is 0.373 e. The van der Waals surface area contributed by atoms with Crippen molar-refractivity contribution in [1.29, 1.82) is 0 Å². The maximum Gasteiger partial charge on any atom is 0.0720 e. The number of benzene rings is 1. The van der Waals surface area contributed by atoms with E-state index in [9.17, 15) is 0 Å². The van der Waals surface area contributed by atoms with Gasteiger partial charge in [-0.15, -0.1) is 0 Å². The van der Waals surface area contributed by atoms with Crippen molar-refractivity contribution in [2.75, 3.05) is 0 Å². The van der Waals surface area contributed by atoms with Crippen molar-refractivity contribution in [3.8, 4) is 0 Å². The third kappa shape index (κ3) is 4.07. The van der Waals surface area contributed by atoms with Crippen molar-refractivity contribution in [1.82, 2.24) is 0 Å². The highest BCUT2D eigenvalue weighted by molar-refractivity contribution is 5.22. The molecule has 0 bridgehead atoms. The highest BCUT2D eigenvalue weighted by Gasteiger charge is 2.31. The lowest BCUT2D eigenvalue weighted by Crippen LogP contribution is -2.34. The average Bonchev–Trinajstić information content (AvgIpc) is 2.45. The Morgan fingerprint density at radius 3 is 2.70 bits per heavy atom. The van der Waals surface area contributed by atoms with Crippen LogP contribution in [0.4, 0.5) is 0 Å². The average molecular weight is 275 g/mol. The van der Waals surface area contributed by atoms with Gasteiger partial charge in [-0.2, -0.15) is 0 Å². The SMILES string of the molecule is CC1CCC(C(C)C)C(OCc2cccc(CN)c2)C1. The van der Waals surface area contributed by atoms with Gasteiger partial charge in [0.05, 0.1) is 12.7 Å². The lowest BCUT2D eigenvalue weighted by molar-refractivity contribution is -0.0472. The molecule has 2 heteroatoms. The van der Waals surface area contributed by atoms with Crippen molar-refractivity contribution in [3.05, 3.63) is 35.4 Å². The zero-order chi connectivity index (χ0) is 14.5. The van der Waals surface area contributed by atoms with Gasteiger partial charge in [-0.25, -0.2) is 0 Å². The summed E-state index contributed by atoms with van der Waals surface area (Å²) in [5.74, 6) is 2.22. The molecule has 0 heterocycles. The van der Waals surface area contributed by atoms with Crippen LogP contribution in [0.15, 0.2) is 24.3 Å². The minimum Gasteiger partial charge on any atom is -0.373 e. The predicted molar refractivity (Wildman–Crippen MR) is 84.3 cm³/mol. The van der Waals surface area contributed by atoms with Crippen LogP contribution in [0.25, 0.3) is 0 Å². The Kier molecular flexibility index (Phi) is 5.62. The number of hydrogen-bond donors (Lipinski definition) is 1. The van der Waals surface area contributed by atoms with Crippen LogP contribution < -0.4 is 5.73 Å². The van der Waals surface area contributed by atoms with Crippen LogP contribution in [0.5, 0.6) is 0 Å². The molecular formula is C18H29NO. The van der Waals surface area contributed by atoms with Crippen LogP contribution in [0.2, 0.25) is 0 Å². The molecule has 1 aromatic rings. The molecule has 0 saturated heterocycles. The third-order valence-corrected chi connectivity index (χ3v) is 4.65. The van der Waals surface area contributed by atoms with E-state index in [1.54, 1.807) is 0 Å². The van der Waals surface area contributed by atoms with E-state index < -0.39 is 0 Å². The van der Waals surface area contributed by atoms with Gasteiger partial charge in [0.1, 0.15) is 0 Å². The van der Waals surface area contributed by atoms with Gasteiger partial charge < -0.3 is 10.5 Å². The molecule has 0 aromatic heterocycles. The molecular weight excluding hydrogens is 246 g/mol. The summed E-state index contributed by atoms with van der Waals surface area (Å²) in [5, 5.41) is 0. The smallest absolute Gasteiger partial charge is 0.0720 e. The molecule has 2 nitrogen and oxygen atoms in total. The van der Waals surface area contributed by atoms with Gasteiger partial charge in [-0.3, -0.25) is 0 Å². The van der Waals surface area contributed by atoms with Gasteiger partial charge in [0.2, 0.25) is 0 Å². The van der Waals surface area contributed by atoms with E-state index in [1.165, 1.54) is 30.4 Å². The summed E-state index contributed by atoms with van der Waals surface area (Å²) in [5.41, 5.74) is 8.12. The molecule has 0 amide bonds. The monoisotopic (exact) mass is 275 g/mol. The molecule has 20 heavy (non-hydrogen) atoms. The molecule has 0 aliphatic heterocycles. The molecule has 2 N–H and O–H groups in total. The fraction of sp³-hybridized carbons (Fsp3) is 0.667. The summed E-state index contributed by atoms with van der Waals surface area (Å²) < 4.78 is 6.27. The summed E-state index contributed by atoms with van der Waals surface area (Å²) in [7, 11) is 0. The van der Waals surface area contributed by atoms with E-state index in [0.29, 0.717) is 31.1 Å². The lowest BCUT2D eigenvalue weighted by atomic mass is 9.75. The van der Waals surface area contributed by atoms with Gasteiger partial charge in [0.15, 0.2) is 0 Å². The maximum absolute atomic E-state index is 6.27. The molecule has 1 aliphatic rings. The normalized spacial score (nSPS) is 26.9. The van der Waals surface area contributed by atoms with Gasteiger partial charge in [-0.1, -0.05) is 51.5 Å². The summed E-state index contributed by atoms with van der Waals surface area (Å²) in [6.45, 7) is 8.32. The van der Waals surface area contributed by atoms with Crippen molar-refractivity contribution < 1.29 is 4.74 Å². The van der Waals surface area contributed by atoms with Gasteiger partial charge >= 0.3 is 0 Å². The molecule has 0 spiro atoms. The topological polar surface area (TPSA) is 35.2 Å². The van der Waals surface area contributed by atoms with E-state index in [2.05, 4.69) is 45.0 Å². The molecule has 112 valence electrons. The Morgan fingerprint density at radius 1 is 1.25 bits per heavy atom. The first kappa shape index (κ1) is 15.5. The Morgan fingerprint density at radius 2 is 2.00 bits per heavy atom. The lowest BCUT2D eigenvalue weighted by Gasteiger charge is -2.37. The van der Waals surface area contributed by atoms with Gasteiger partial charge in [0, 0.05) is 6.54 Å². The zero-order valence-electron chi connectivity index (χ0n) is 13.1. The number of ether oxygens (including phenoxy) is 1. The minimum absolute atomic E-state index is 0.417. The molecule has 1 aromatic carbocycles. The van der Waals surface area contributed by atoms with E-state index in [1.807, 2.05) is 0 Å². The Bertz CT molecular complexity index is 416. The van der Waals surface area contributed by atoms with Crippen LogP contribution in [0.3, 0.4) is 0 Å². The zero-order valence-corrected chi connectivity index (χ0v) is 13.1. The Balaban J connectivity index is 1.96. The van der Waals surface area contributed by atoms with Crippen LogP contribution in [-0.2, 0) is 17.9 Å². The molecule has 2 rings (SSSR count). The van der Waals surface area contributed by atoms with Crippen LogP contribution in [-0.4, -0.2) is 6.10 Å². The molecule has 1 saturated carbocycles. The van der Waals surface area contributed by atoms with Gasteiger partial charge in [-0.05, 0) is 41.7 Å². The van der Waals surface area contributed by atoms with Crippen molar-refractivity contribution in [2.45, 2.75) is 59.3 Å². The quantitative estimate of drug-likeness (QED) is 0.877. The second-order valence-corrected chi connectivity index (χ2v) is 6.70. The third-order valence-electron chi connectivity index (χ3n) is 4.65. The fourth-order valence-electron chi connectivity index (χ4n) is 3.36. The van der Waals surface area contributed by atoms with E-state index in [4.69, 9.17) is 10.5 Å². The highest BCUT2D eigenvalue weighted by atomic mass is 16.5. The second kappa shape index (κ2) is 7.24. The minimum atomic E-state index is 0.417. The van der Waals surface area contributed by atoms with Crippen molar-refractivity contribution in [3.63, 3.8) is 0 Å². The summed E-state index contributed by atoms with van der Waals surface area (Å²) in [6.07, 6.45) is 4.29. The van der Waals surface area contributed by atoms with Crippen LogP contribution in [0, 0.1) is 17.8 Å². The standard InChI is InChI=1S/C18H29NO/c1-13(2)17-8-7-14(3)9-18(17)20-12-16-6-4-5-15(10-16)11-19/h4-6,10,13-14,17-18H,7-9,11-12,19H2,1-3H3.